The second-order valence-electron chi connectivity index (χ2n) is 6.12. The Kier molecular flexibility index (Phi) is 4.43. The third kappa shape index (κ3) is 3.12. The van der Waals surface area contributed by atoms with Crippen molar-refractivity contribution in [2.45, 2.75) is 19.8 Å². The van der Waals surface area contributed by atoms with Gasteiger partial charge in [0, 0.05) is 43.0 Å². The summed E-state index contributed by atoms with van der Waals surface area (Å²) < 4.78 is 5.30. The summed E-state index contributed by atoms with van der Waals surface area (Å²) in [6.45, 7) is 4.51. The molecule has 0 spiro atoms. The summed E-state index contributed by atoms with van der Waals surface area (Å²) in [5.74, 6) is 0.496. The molecule has 0 radical (unpaired) electrons. The number of pyridine rings is 1. The van der Waals surface area contributed by atoms with E-state index in [1.807, 2.05) is 19.1 Å². The van der Waals surface area contributed by atoms with Gasteiger partial charge in [0.15, 0.2) is 5.52 Å². The zero-order valence-corrected chi connectivity index (χ0v) is 13.5. The van der Waals surface area contributed by atoms with Gasteiger partial charge in [0.25, 0.3) is 5.69 Å². The van der Waals surface area contributed by atoms with E-state index < -0.39 is 0 Å². The molecule has 0 amide bonds. The van der Waals surface area contributed by atoms with Gasteiger partial charge in [0.1, 0.15) is 0 Å². The number of non-ortho nitro benzene ring substituents is 1. The molecule has 2 heterocycles. The maximum atomic E-state index is 11.3. The largest absolute Gasteiger partial charge is 0.384 e. The van der Waals surface area contributed by atoms with Crippen LogP contribution in [0.4, 0.5) is 11.4 Å². The highest BCUT2D eigenvalue weighted by Crippen LogP contribution is 2.34. The molecule has 1 aromatic heterocycles. The first-order valence-electron chi connectivity index (χ1n) is 7.89. The van der Waals surface area contributed by atoms with E-state index in [-0.39, 0.29) is 10.6 Å². The quantitative estimate of drug-likeness (QED) is 0.639. The SMILES string of the molecule is COCC1CCCN(c2cc(C)nc3c([N+](=O)[O-])cccc23)C1. The van der Waals surface area contributed by atoms with Crippen molar-refractivity contribution in [3.8, 4) is 0 Å². The lowest BCUT2D eigenvalue weighted by Crippen LogP contribution is -2.37. The first kappa shape index (κ1) is 15.7. The van der Waals surface area contributed by atoms with Gasteiger partial charge in [-0.2, -0.15) is 0 Å². The number of ether oxygens (including phenoxy) is 1. The highest BCUT2D eigenvalue weighted by molar-refractivity contribution is 5.97. The van der Waals surface area contributed by atoms with Crippen LogP contribution < -0.4 is 4.90 Å². The average Bonchev–Trinajstić information content (AvgIpc) is 2.54. The summed E-state index contributed by atoms with van der Waals surface area (Å²) in [7, 11) is 1.73. The normalized spacial score (nSPS) is 18.3. The minimum Gasteiger partial charge on any atom is -0.384 e. The van der Waals surface area contributed by atoms with Gasteiger partial charge in [-0.05, 0) is 31.7 Å². The number of hydrogen-bond acceptors (Lipinski definition) is 5. The predicted octanol–water partition coefficient (Wildman–Crippen LogP) is 3.31. The minimum absolute atomic E-state index is 0.0675. The van der Waals surface area contributed by atoms with Gasteiger partial charge in [0.05, 0.1) is 11.5 Å². The lowest BCUT2D eigenvalue weighted by molar-refractivity contribution is -0.383. The fraction of sp³-hybridized carbons (Fsp3) is 0.471. The summed E-state index contributed by atoms with van der Waals surface area (Å²) in [5.41, 5.74) is 2.38. The lowest BCUT2D eigenvalue weighted by Gasteiger charge is -2.34. The predicted molar refractivity (Wildman–Crippen MR) is 89.9 cm³/mol. The maximum Gasteiger partial charge on any atom is 0.295 e. The van der Waals surface area contributed by atoms with Crippen LogP contribution in [0.3, 0.4) is 0 Å². The number of hydrogen-bond donors (Lipinski definition) is 0. The Hall–Kier alpha value is -2.21. The van der Waals surface area contributed by atoms with Gasteiger partial charge < -0.3 is 9.64 Å². The van der Waals surface area contributed by atoms with E-state index in [0.29, 0.717) is 11.4 Å². The zero-order chi connectivity index (χ0) is 16.4. The molecule has 0 saturated carbocycles. The van der Waals surface area contributed by atoms with Gasteiger partial charge >= 0.3 is 0 Å². The smallest absolute Gasteiger partial charge is 0.295 e. The van der Waals surface area contributed by atoms with Crippen molar-refractivity contribution in [3.63, 3.8) is 0 Å². The third-order valence-corrected chi connectivity index (χ3v) is 4.38. The Balaban J connectivity index is 2.07. The van der Waals surface area contributed by atoms with E-state index in [2.05, 4.69) is 9.88 Å². The number of anilines is 1. The van der Waals surface area contributed by atoms with Crippen molar-refractivity contribution in [2.24, 2.45) is 5.92 Å². The van der Waals surface area contributed by atoms with E-state index in [9.17, 15) is 10.1 Å². The molecule has 1 fully saturated rings. The molecule has 1 aromatic carbocycles. The monoisotopic (exact) mass is 315 g/mol. The topological polar surface area (TPSA) is 68.5 Å². The Morgan fingerprint density at radius 1 is 1.48 bits per heavy atom. The van der Waals surface area contributed by atoms with Crippen LogP contribution in [0.1, 0.15) is 18.5 Å². The summed E-state index contributed by atoms with van der Waals surface area (Å²) >= 11 is 0. The number of aromatic nitrogens is 1. The number of nitro groups is 1. The zero-order valence-electron chi connectivity index (χ0n) is 13.5. The van der Waals surface area contributed by atoms with E-state index in [1.165, 1.54) is 6.07 Å². The molecule has 0 aliphatic carbocycles. The van der Waals surface area contributed by atoms with Crippen molar-refractivity contribution < 1.29 is 9.66 Å². The van der Waals surface area contributed by atoms with Crippen molar-refractivity contribution in [3.05, 3.63) is 40.1 Å². The van der Waals surface area contributed by atoms with Crippen LogP contribution in [-0.4, -0.2) is 36.7 Å². The molecule has 6 nitrogen and oxygen atoms in total. The number of aryl methyl sites for hydroxylation is 1. The van der Waals surface area contributed by atoms with Crippen LogP contribution in [0, 0.1) is 23.0 Å². The molecule has 6 heteroatoms. The van der Waals surface area contributed by atoms with Crippen molar-refractivity contribution in [1.29, 1.82) is 0 Å². The number of piperidine rings is 1. The van der Waals surface area contributed by atoms with Gasteiger partial charge in [-0.1, -0.05) is 12.1 Å². The number of nitro benzene ring substituents is 1. The Morgan fingerprint density at radius 3 is 3.04 bits per heavy atom. The maximum absolute atomic E-state index is 11.3. The van der Waals surface area contributed by atoms with E-state index in [1.54, 1.807) is 13.2 Å². The van der Waals surface area contributed by atoms with Crippen LogP contribution >= 0.6 is 0 Å². The van der Waals surface area contributed by atoms with Gasteiger partial charge in [-0.15, -0.1) is 0 Å². The van der Waals surface area contributed by atoms with Gasteiger partial charge in [-0.3, -0.25) is 10.1 Å². The Morgan fingerprint density at radius 2 is 2.30 bits per heavy atom. The van der Waals surface area contributed by atoms with E-state index in [4.69, 9.17) is 4.74 Å². The van der Waals surface area contributed by atoms with Crippen molar-refractivity contribution in [1.82, 2.24) is 4.98 Å². The highest BCUT2D eigenvalue weighted by atomic mass is 16.6. The standard InChI is InChI=1S/C17H21N3O3/c1-12-9-16(19-8-4-5-13(10-19)11-23-2)14-6-3-7-15(20(21)22)17(14)18-12/h3,6-7,9,13H,4-5,8,10-11H2,1-2H3. The molecule has 0 N–H and O–H groups in total. The first-order chi connectivity index (χ1) is 11.1. The summed E-state index contributed by atoms with van der Waals surface area (Å²) in [6, 6.07) is 7.20. The number of nitrogens with zero attached hydrogens (tertiary/aromatic N) is 3. The number of benzene rings is 1. The summed E-state index contributed by atoms with van der Waals surface area (Å²) in [6.07, 6.45) is 2.26. The fourth-order valence-electron chi connectivity index (χ4n) is 3.40. The third-order valence-electron chi connectivity index (χ3n) is 4.38. The van der Waals surface area contributed by atoms with Crippen molar-refractivity contribution >= 4 is 22.3 Å². The summed E-state index contributed by atoms with van der Waals surface area (Å²) in [4.78, 5) is 17.7. The molecule has 122 valence electrons. The van der Waals surface area contributed by atoms with Gasteiger partial charge in [0.2, 0.25) is 0 Å². The first-order valence-corrected chi connectivity index (χ1v) is 7.89. The molecule has 1 aliphatic rings. The Bertz CT molecular complexity index is 730. The molecule has 3 rings (SSSR count). The summed E-state index contributed by atoms with van der Waals surface area (Å²) in [5, 5.41) is 12.1. The van der Waals surface area contributed by atoms with Crippen LogP contribution in [0.25, 0.3) is 10.9 Å². The number of rotatable bonds is 4. The molecular weight excluding hydrogens is 294 g/mol. The molecule has 2 aromatic rings. The van der Waals surface area contributed by atoms with Crippen LogP contribution in [0.15, 0.2) is 24.3 Å². The molecule has 23 heavy (non-hydrogen) atoms. The molecule has 1 aliphatic heterocycles. The molecular formula is C17H21N3O3. The molecule has 0 bridgehead atoms. The van der Waals surface area contributed by atoms with Crippen LogP contribution in [0.2, 0.25) is 0 Å². The minimum atomic E-state index is -0.359. The molecule has 1 unspecified atom stereocenters. The highest BCUT2D eigenvalue weighted by Gasteiger charge is 2.23. The van der Waals surface area contributed by atoms with Crippen molar-refractivity contribution in [2.75, 3.05) is 31.7 Å². The molecule has 1 saturated heterocycles. The number of fused-ring (bicyclic) bond motifs is 1. The Labute approximate surface area is 135 Å². The molecule has 1 atom stereocenters. The average molecular weight is 315 g/mol. The lowest BCUT2D eigenvalue weighted by atomic mass is 9.97. The van der Waals surface area contributed by atoms with E-state index >= 15 is 0 Å². The number of para-hydroxylation sites is 1. The van der Waals surface area contributed by atoms with Gasteiger partial charge in [-0.25, -0.2) is 4.98 Å². The van der Waals surface area contributed by atoms with Crippen LogP contribution in [-0.2, 0) is 4.74 Å². The second kappa shape index (κ2) is 6.50. The fourth-order valence-corrected chi connectivity index (χ4v) is 3.40. The van der Waals surface area contributed by atoms with Crippen LogP contribution in [0.5, 0.6) is 0 Å². The van der Waals surface area contributed by atoms with E-state index in [0.717, 1.165) is 49.3 Å². The second-order valence-corrected chi connectivity index (χ2v) is 6.12. The number of methoxy groups -OCH3 is 1.